The molecule has 0 aromatic heterocycles. The van der Waals surface area contributed by atoms with Crippen LogP contribution in [-0.4, -0.2) is 5.11 Å². The number of aliphatic hydroxyl groups is 1. The third kappa shape index (κ3) is 1.76. The van der Waals surface area contributed by atoms with E-state index in [4.69, 9.17) is 0 Å². The number of rotatable bonds is 1. The van der Waals surface area contributed by atoms with Crippen molar-refractivity contribution in [3.8, 4) is 0 Å². The molecule has 0 aliphatic heterocycles. The summed E-state index contributed by atoms with van der Waals surface area (Å²) in [6.07, 6.45) is 2.27. The molecule has 1 aromatic rings. The van der Waals surface area contributed by atoms with Crippen LogP contribution in [0, 0.1) is 17.5 Å². The molecular formula is C11H10BrF3O. The predicted molar refractivity (Wildman–Crippen MR) is 56.4 cm³/mol. The Labute approximate surface area is 99.4 Å². The Morgan fingerprint density at radius 1 is 1.06 bits per heavy atom. The van der Waals surface area contributed by atoms with Crippen molar-refractivity contribution in [2.45, 2.75) is 31.3 Å². The van der Waals surface area contributed by atoms with Gasteiger partial charge in [-0.3, -0.25) is 0 Å². The highest BCUT2D eigenvalue weighted by atomic mass is 79.9. The summed E-state index contributed by atoms with van der Waals surface area (Å²) in [6, 6.07) is 1.12. The summed E-state index contributed by atoms with van der Waals surface area (Å²) < 4.78 is 39.6. The molecule has 2 rings (SSSR count). The van der Waals surface area contributed by atoms with E-state index in [0.717, 1.165) is 18.9 Å². The SMILES string of the molecule is OC1(c2cc(Br)c(F)c(F)c2F)CCCC1. The summed E-state index contributed by atoms with van der Waals surface area (Å²) in [5, 5.41) is 10.1. The van der Waals surface area contributed by atoms with Crippen LogP contribution in [0.1, 0.15) is 31.2 Å². The summed E-state index contributed by atoms with van der Waals surface area (Å²) in [7, 11) is 0. The number of hydrogen-bond acceptors (Lipinski definition) is 1. The molecule has 5 heteroatoms. The Bertz CT molecular complexity index is 428. The van der Waals surface area contributed by atoms with Crippen molar-refractivity contribution in [2.75, 3.05) is 0 Å². The van der Waals surface area contributed by atoms with E-state index in [1.165, 1.54) is 0 Å². The maximum absolute atomic E-state index is 13.5. The lowest BCUT2D eigenvalue weighted by molar-refractivity contribution is 0.0397. The third-order valence-corrected chi connectivity index (χ3v) is 3.61. The van der Waals surface area contributed by atoms with Gasteiger partial charge in [-0.05, 0) is 34.8 Å². The first kappa shape index (κ1) is 11.9. The van der Waals surface area contributed by atoms with Crippen LogP contribution in [-0.2, 0) is 5.60 Å². The zero-order chi connectivity index (χ0) is 11.9. The lowest BCUT2D eigenvalue weighted by atomic mass is 9.91. The van der Waals surface area contributed by atoms with Crippen molar-refractivity contribution < 1.29 is 18.3 Å². The predicted octanol–water partition coefficient (Wildman–Crippen LogP) is 3.63. The average Bonchev–Trinajstić information content (AvgIpc) is 2.68. The first-order chi connectivity index (χ1) is 7.46. The number of hydrogen-bond donors (Lipinski definition) is 1. The van der Waals surface area contributed by atoms with Gasteiger partial charge >= 0.3 is 0 Å². The highest BCUT2D eigenvalue weighted by molar-refractivity contribution is 9.10. The van der Waals surface area contributed by atoms with Gasteiger partial charge in [0.25, 0.3) is 0 Å². The fourth-order valence-corrected chi connectivity index (χ4v) is 2.54. The van der Waals surface area contributed by atoms with Crippen LogP contribution in [0.15, 0.2) is 10.5 Å². The van der Waals surface area contributed by atoms with Crippen LogP contribution in [0.2, 0.25) is 0 Å². The fraction of sp³-hybridized carbons (Fsp3) is 0.455. The lowest BCUT2D eigenvalue weighted by Crippen LogP contribution is -2.23. The monoisotopic (exact) mass is 294 g/mol. The van der Waals surface area contributed by atoms with Crippen molar-refractivity contribution in [3.63, 3.8) is 0 Å². The summed E-state index contributed by atoms with van der Waals surface area (Å²) in [5.74, 6) is -4.09. The first-order valence-electron chi connectivity index (χ1n) is 5.01. The van der Waals surface area contributed by atoms with Crippen LogP contribution in [0.5, 0.6) is 0 Å². The Hall–Kier alpha value is -0.550. The second kappa shape index (κ2) is 4.04. The molecular weight excluding hydrogens is 285 g/mol. The molecule has 0 atom stereocenters. The molecule has 1 fully saturated rings. The summed E-state index contributed by atoms with van der Waals surface area (Å²) in [4.78, 5) is 0. The van der Waals surface area contributed by atoms with E-state index in [0.29, 0.717) is 12.8 Å². The van der Waals surface area contributed by atoms with Gasteiger partial charge in [-0.15, -0.1) is 0 Å². The summed E-state index contributed by atoms with van der Waals surface area (Å²) in [5.41, 5.74) is -1.52. The van der Waals surface area contributed by atoms with E-state index in [1.54, 1.807) is 0 Å². The molecule has 1 aromatic carbocycles. The molecule has 88 valence electrons. The van der Waals surface area contributed by atoms with E-state index < -0.39 is 23.1 Å². The van der Waals surface area contributed by atoms with Crippen LogP contribution in [0.3, 0.4) is 0 Å². The number of benzene rings is 1. The minimum atomic E-state index is -1.54. The Kier molecular flexibility index (Phi) is 3.01. The zero-order valence-corrected chi connectivity index (χ0v) is 9.95. The Balaban J connectivity index is 2.57. The topological polar surface area (TPSA) is 20.2 Å². The third-order valence-electron chi connectivity index (χ3n) is 3.03. The van der Waals surface area contributed by atoms with Crippen molar-refractivity contribution in [3.05, 3.63) is 33.6 Å². The van der Waals surface area contributed by atoms with E-state index >= 15 is 0 Å². The van der Waals surface area contributed by atoms with Gasteiger partial charge in [0.2, 0.25) is 0 Å². The van der Waals surface area contributed by atoms with Crippen molar-refractivity contribution in [1.82, 2.24) is 0 Å². The molecule has 0 amide bonds. The van der Waals surface area contributed by atoms with Gasteiger partial charge in [0.15, 0.2) is 17.5 Å². The van der Waals surface area contributed by atoms with E-state index in [9.17, 15) is 18.3 Å². The van der Waals surface area contributed by atoms with Gasteiger partial charge in [0, 0.05) is 5.56 Å². The van der Waals surface area contributed by atoms with Gasteiger partial charge in [0.1, 0.15) is 0 Å². The molecule has 1 nitrogen and oxygen atoms in total. The molecule has 1 saturated carbocycles. The smallest absolute Gasteiger partial charge is 0.195 e. The van der Waals surface area contributed by atoms with Crippen LogP contribution >= 0.6 is 15.9 Å². The minimum Gasteiger partial charge on any atom is -0.385 e. The quantitative estimate of drug-likeness (QED) is 0.619. The Morgan fingerprint density at radius 2 is 1.62 bits per heavy atom. The molecule has 0 bridgehead atoms. The fourth-order valence-electron chi connectivity index (χ4n) is 2.14. The molecule has 0 saturated heterocycles. The van der Waals surface area contributed by atoms with E-state index in [1.807, 2.05) is 0 Å². The molecule has 0 radical (unpaired) electrons. The van der Waals surface area contributed by atoms with E-state index in [2.05, 4.69) is 15.9 Å². The van der Waals surface area contributed by atoms with Crippen LogP contribution < -0.4 is 0 Å². The van der Waals surface area contributed by atoms with Gasteiger partial charge in [-0.25, -0.2) is 13.2 Å². The van der Waals surface area contributed by atoms with Crippen molar-refractivity contribution in [1.29, 1.82) is 0 Å². The van der Waals surface area contributed by atoms with Crippen molar-refractivity contribution in [2.24, 2.45) is 0 Å². The van der Waals surface area contributed by atoms with Gasteiger partial charge in [0.05, 0.1) is 10.1 Å². The molecule has 0 heterocycles. The van der Waals surface area contributed by atoms with Crippen LogP contribution in [0.4, 0.5) is 13.2 Å². The van der Waals surface area contributed by atoms with Gasteiger partial charge in [-0.2, -0.15) is 0 Å². The molecule has 1 aliphatic rings. The molecule has 16 heavy (non-hydrogen) atoms. The normalized spacial score (nSPS) is 19.1. The lowest BCUT2D eigenvalue weighted by Gasteiger charge is -2.23. The maximum atomic E-state index is 13.5. The summed E-state index contributed by atoms with van der Waals surface area (Å²) >= 11 is 2.81. The van der Waals surface area contributed by atoms with E-state index in [-0.39, 0.29) is 10.0 Å². The Morgan fingerprint density at radius 3 is 2.19 bits per heavy atom. The van der Waals surface area contributed by atoms with Crippen molar-refractivity contribution >= 4 is 15.9 Å². The first-order valence-corrected chi connectivity index (χ1v) is 5.81. The largest absolute Gasteiger partial charge is 0.385 e. The standard InChI is InChI=1S/C11H10BrF3O/c12-7-5-6(8(13)10(15)9(7)14)11(16)3-1-2-4-11/h5,16H,1-4H2. The highest BCUT2D eigenvalue weighted by Gasteiger charge is 2.37. The number of halogens is 4. The second-order valence-electron chi connectivity index (χ2n) is 4.09. The average molecular weight is 295 g/mol. The van der Waals surface area contributed by atoms with Gasteiger partial charge < -0.3 is 5.11 Å². The van der Waals surface area contributed by atoms with Crippen LogP contribution in [0.25, 0.3) is 0 Å². The second-order valence-corrected chi connectivity index (χ2v) is 4.94. The molecule has 0 spiro atoms. The zero-order valence-electron chi connectivity index (χ0n) is 8.36. The summed E-state index contributed by atoms with van der Waals surface area (Å²) in [6.45, 7) is 0. The molecule has 0 unspecified atom stereocenters. The molecule has 1 N–H and O–H groups in total. The minimum absolute atomic E-state index is 0.157. The highest BCUT2D eigenvalue weighted by Crippen LogP contribution is 2.41. The maximum Gasteiger partial charge on any atom is 0.195 e. The molecule has 1 aliphatic carbocycles. The van der Waals surface area contributed by atoms with Gasteiger partial charge in [-0.1, -0.05) is 12.8 Å².